The topological polar surface area (TPSA) is 75.7 Å². The quantitative estimate of drug-likeness (QED) is 0.807. The molecule has 1 aromatic heterocycles. The minimum atomic E-state index is -3.65. The SMILES string of the molecule is CC(NC(=O)c1cccc(S(=O)(=O)N2CCc3sccc3C2)c1)C1CCCO1. The fourth-order valence-corrected chi connectivity index (χ4v) is 6.11. The first-order chi connectivity index (χ1) is 13.4. The van der Waals surface area contributed by atoms with Crippen LogP contribution in [0.2, 0.25) is 0 Å². The van der Waals surface area contributed by atoms with Gasteiger partial charge in [0.25, 0.3) is 5.91 Å². The lowest BCUT2D eigenvalue weighted by Gasteiger charge is -2.26. The number of thiophene rings is 1. The molecule has 1 saturated heterocycles. The summed E-state index contributed by atoms with van der Waals surface area (Å²) in [6.45, 7) is 3.48. The lowest BCUT2D eigenvalue weighted by Crippen LogP contribution is -2.41. The van der Waals surface area contributed by atoms with Crippen molar-refractivity contribution in [3.63, 3.8) is 0 Å². The highest BCUT2D eigenvalue weighted by Crippen LogP contribution is 2.28. The molecular formula is C20H24N2O4S2. The van der Waals surface area contributed by atoms with E-state index in [1.807, 2.05) is 18.4 Å². The number of rotatable bonds is 5. The van der Waals surface area contributed by atoms with Crippen molar-refractivity contribution in [1.82, 2.24) is 9.62 Å². The molecule has 6 nitrogen and oxygen atoms in total. The Balaban J connectivity index is 1.50. The van der Waals surface area contributed by atoms with E-state index >= 15 is 0 Å². The highest BCUT2D eigenvalue weighted by atomic mass is 32.2. The predicted octanol–water partition coefficient (Wildman–Crippen LogP) is 2.79. The third kappa shape index (κ3) is 3.87. The Kier molecular flexibility index (Phi) is 5.55. The lowest BCUT2D eigenvalue weighted by molar-refractivity contribution is 0.0712. The van der Waals surface area contributed by atoms with Crippen molar-refractivity contribution in [2.45, 2.75) is 49.8 Å². The summed E-state index contributed by atoms with van der Waals surface area (Å²) in [6.07, 6.45) is 2.67. The summed E-state index contributed by atoms with van der Waals surface area (Å²) in [7, 11) is -3.65. The summed E-state index contributed by atoms with van der Waals surface area (Å²) in [5.74, 6) is -0.279. The normalized spacial score (nSPS) is 21.2. The molecule has 0 radical (unpaired) electrons. The number of hydrogen-bond acceptors (Lipinski definition) is 5. The largest absolute Gasteiger partial charge is 0.376 e. The second kappa shape index (κ2) is 7.94. The van der Waals surface area contributed by atoms with Gasteiger partial charge >= 0.3 is 0 Å². The van der Waals surface area contributed by atoms with Crippen LogP contribution < -0.4 is 5.32 Å². The van der Waals surface area contributed by atoms with Crippen molar-refractivity contribution < 1.29 is 17.9 Å². The minimum Gasteiger partial charge on any atom is -0.376 e. The van der Waals surface area contributed by atoms with Crippen LogP contribution in [0.15, 0.2) is 40.6 Å². The van der Waals surface area contributed by atoms with E-state index in [2.05, 4.69) is 5.32 Å². The Morgan fingerprint density at radius 2 is 2.21 bits per heavy atom. The third-order valence-electron chi connectivity index (χ3n) is 5.39. The van der Waals surface area contributed by atoms with Gasteiger partial charge in [0.2, 0.25) is 10.0 Å². The summed E-state index contributed by atoms with van der Waals surface area (Å²) in [5, 5.41) is 4.94. The van der Waals surface area contributed by atoms with Gasteiger partial charge in [0, 0.05) is 30.1 Å². The monoisotopic (exact) mass is 420 g/mol. The zero-order chi connectivity index (χ0) is 19.7. The van der Waals surface area contributed by atoms with Crippen molar-refractivity contribution in [3.8, 4) is 0 Å². The van der Waals surface area contributed by atoms with Crippen molar-refractivity contribution in [2.24, 2.45) is 0 Å². The van der Waals surface area contributed by atoms with Gasteiger partial charge in [0.15, 0.2) is 0 Å². The molecule has 8 heteroatoms. The molecule has 150 valence electrons. The van der Waals surface area contributed by atoms with Gasteiger partial charge in [-0.2, -0.15) is 4.31 Å². The Labute approximate surface area is 169 Å². The molecule has 0 saturated carbocycles. The van der Waals surface area contributed by atoms with Gasteiger partial charge in [-0.25, -0.2) is 8.42 Å². The van der Waals surface area contributed by atoms with Gasteiger partial charge < -0.3 is 10.1 Å². The van der Waals surface area contributed by atoms with E-state index in [9.17, 15) is 13.2 Å². The minimum absolute atomic E-state index is 0.0176. The summed E-state index contributed by atoms with van der Waals surface area (Å²) in [5.41, 5.74) is 1.42. The molecule has 1 amide bonds. The van der Waals surface area contributed by atoms with Crippen LogP contribution in [0.3, 0.4) is 0 Å². The van der Waals surface area contributed by atoms with Crippen LogP contribution in [0.5, 0.6) is 0 Å². The number of carbonyl (C=O) groups is 1. The molecule has 1 fully saturated rings. The molecular weight excluding hydrogens is 396 g/mol. The summed E-state index contributed by atoms with van der Waals surface area (Å²) in [4.78, 5) is 14.0. The number of nitrogens with zero attached hydrogens (tertiary/aromatic N) is 1. The van der Waals surface area contributed by atoms with Crippen molar-refractivity contribution in [1.29, 1.82) is 0 Å². The van der Waals surface area contributed by atoms with E-state index in [1.54, 1.807) is 29.5 Å². The number of carbonyl (C=O) groups excluding carboxylic acids is 1. The average Bonchev–Trinajstić information content (AvgIpc) is 3.39. The third-order valence-corrected chi connectivity index (χ3v) is 8.25. The molecule has 1 aromatic carbocycles. The van der Waals surface area contributed by atoms with Crippen molar-refractivity contribution >= 4 is 27.3 Å². The number of amides is 1. The van der Waals surface area contributed by atoms with Gasteiger partial charge in [0.1, 0.15) is 0 Å². The van der Waals surface area contributed by atoms with E-state index in [0.717, 1.165) is 31.4 Å². The maximum Gasteiger partial charge on any atom is 0.251 e. The number of ether oxygens (including phenoxy) is 1. The van der Waals surface area contributed by atoms with Crippen LogP contribution >= 0.6 is 11.3 Å². The zero-order valence-corrected chi connectivity index (χ0v) is 17.4. The van der Waals surface area contributed by atoms with E-state index in [1.165, 1.54) is 15.2 Å². The number of nitrogens with one attached hydrogen (secondary N) is 1. The zero-order valence-electron chi connectivity index (χ0n) is 15.8. The first-order valence-corrected chi connectivity index (χ1v) is 11.8. The van der Waals surface area contributed by atoms with Crippen LogP contribution in [0.1, 0.15) is 40.6 Å². The molecule has 4 rings (SSSR count). The molecule has 0 aliphatic carbocycles. The van der Waals surface area contributed by atoms with Crippen molar-refractivity contribution in [3.05, 3.63) is 51.7 Å². The smallest absolute Gasteiger partial charge is 0.251 e. The van der Waals surface area contributed by atoms with E-state index in [4.69, 9.17) is 4.74 Å². The Hall–Kier alpha value is -1.74. The van der Waals surface area contributed by atoms with Crippen LogP contribution in [0.25, 0.3) is 0 Å². The summed E-state index contributed by atoms with van der Waals surface area (Å²) >= 11 is 1.67. The molecule has 28 heavy (non-hydrogen) atoms. The molecule has 0 bridgehead atoms. The first-order valence-electron chi connectivity index (χ1n) is 9.53. The molecule has 3 heterocycles. The van der Waals surface area contributed by atoms with Gasteiger partial charge in [-0.1, -0.05) is 6.07 Å². The lowest BCUT2D eigenvalue weighted by atomic mass is 10.1. The van der Waals surface area contributed by atoms with Gasteiger partial charge in [-0.05, 0) is 61.4 Å². The van der Waals surface area contributed by atoms with Gasteiger partial charge in [-0.15, -0.1) is 11.3 Å². The predicted molar refractivity (Wildman–Crippen MR) is 108 cm³/mol. The molecule has 2 aliphatic rings. The first kappa shape index (κ1) is 19.6. The summed E-state index contributed by atoms with van der Waals surface area (Å²) < 4.78 is 33.3. The number of hydrogen-bond donors (Lipinski definition) is 1. The molecule has 2 unspecified atom stereocenters. The van der Waals surface area contributed by atoms with E-state index in [-0.39, 0.29) is 22.9 Å². The Bertz CT molecular complexity index is 964. The fraction of sp³-hybridized carbons (Fsp3) is 0.450. The number of fused-ring (bicyclic) bond motifs is 1. The van der Waals surface area contributed by atoms with Crippen LogP contribution in [-0.2, 0) is 27.7 Å². The summed E-state index contributed by atoms with van der Waals surface area (Å²) in [6, 6.07) is 8.16. The van der Waals surface area contributed by atoms with E-state index < -0.39 is 10.0 Å². The Morgan fingerprint density at radius 1 is 1.36 bits per heavy atom. The Morgan fingerprint density at radius 3 is 3.00 bits per heavy atom. The maximum atomic E-state index is 13.1. The van der Waals surface area contributed by atoms with E-state index in [0.29, 0.717) is 18.7 Å². The van der Waals surface area contributed by atoms with Crippen molar-refractivity contribution in [2.75, 3.05) is 13.2 Å². The van der Waals surface area contributed by atoms with Gasteiger partial charge in [0.05, 0.1) is 17.0 Å². The second-order valence-electron chi connectivity index (χ2n) is 7.30. The molecule has 2 aliphatic heterocycles. The number of sulfonamides is 1. The van der Waals surface area contributed by atoms with Crippen LogP contribution in [0.4, 0.5) is 0 Å². The second-order valence-corrected chi connectivity index (χ2v) is 10.2. The van der Waals surface area contributed by atoms with Crippen LogP contribution in [0, 0.1) is 0 Å². The van der Waals surface area contributed by atoms with Gasteiger partial charge in [-0.3, -0.25) is 4.79 Å². The maximum absolute atomic E-state index is 13.1. The highest BCUT2D eigenvalue weighted by Gasteiger charge is 2.30. The average molecular weight is 421 g/mol. The molecule has 1 N–H and O–H groups in total. The molecule has 0 spiro atoms. The molecule has 2 aromatic rings. The number of benzene rings is 1. The van der Waals surface area contributed by atoms with Crippen LogP contribution in [-0.4, -0.2) is 43.9 Å². The highest BCUT2D eigenvalue weighted by molar-refractivity contribution is 7.89. The fourth-order valence-electron chi connectivity index (χ4n) is 3.75. The standard InChI is InChI=1S/C20H24N2O4S2/c1-14(18-6-3-10-26-18)21-20(23)15-4-2-5-17(12-15)28(24,25)22-9-7-19-16(13-22)8-11-27-19/h2,4-5,8,11-12,14,18H,3,6-7,9-10,13H2,1H3,(H,21,23). The molecule has 2 atom stereocenters.